The van der Waals surface area contributed by atoms with E-state index in [0.717, 1.165) is 30.8 Å². The molecule has 22 heavy (non-hydrogen) atoms. The van der Waals surface area contributed by atoms with Crippen LogP contribution in [0.3, 0.4) is 0 Å². The van der Waals surface area contributed by atoms with Crippen LogP contribution in [-0.2, 0) is 6.42 Å². The fraction of sp³-hybridized carbons (Fsp3) is 0.500. The van der Waals surface area contributed by atoms with Crippen molar-refractivity contribution >= 4 is 11.3 Å². The molecule has 0 amide bonds. The summed E-state index contributed by atoms with van der Waals surface area (Å²) in [4.78, 5) is 4.76. The minimum absolute atomic E-state index is 0.490. The maximum absolute atomic E-state index is 5.78. The number of hydrogen-bond acceptors (Lipinski definition) is 4. The summed E-state index contributed by atoms with van der Waals surface area (Å²) in [6.45, 7) is 8.16. The number of likely N-dealkylation sites (N-methyl/N-ethyl adjacent to an activating group) is 1. The first kappa shape index (κ1) is 17.0. The maximum atomic E-state index is 5.78. The lowest BCUT2D eigenvalue weighted by molar-refractivity contribution is 0.334. The molecular weight excluding hydrogens is 292 g/mol. The van der Waals surface area contributed by atoms with E-state index in [1.54, 1.807) is 11.3 Å². The highest BCUT2D eigenvalue weighted by molar-refractivity contribution is 7.09. The van der Waals surface area contributed by atoms with Crippen molar-refractivity contribution in [2.24, 2.45) is 0 Å². The third-order valence-corrected chi connectivity index (χ3v) is 4.80. The average Bonchev–Trinajstić information content (AvgIpc) is 3.01. The van der Waals surface area contributed by atoms with E-state index < -0.39 is 0 Å². The Bertz CT molecular complexity index is 595. The SMILES string of the molecule is CCOc1ccc(-c2csc(CCNC)n2)cc1C(C)CC. The van der Waals surface area contributed by atoms with E-state index in [-0.39, 0.29) is 0 Å². The van der Waals surface area contributed by atoms with Gasteiger partial charge in [0.2, 0.25) is 0 Å². The molecule has 1 N–H and O–H groups in total. The van der Waals surface area contributed by atoms with Crippen molar-refractivity contribution in [3.63, 3.8) is 0 Å². The molecule has 0 fully saturated rings. The Hall–Kier alpha value is -1.39. The Morgan fingerprint density at radius 3 is 2.82 bits per heavy atom. The predicted molar refractivity (Wildman–Crippen MR) is 95.1 cm³/mol. The smallest absolute Gasteiger partial charge is 0.122 e. The number of ether oxygens (including phenoxy) is 1. The lowest BCUT2D eigenvalue weighted by Gasteiger charge is -2.16. The number of nitrogens with zero attached hydrogens (tertiary/aromatic N) is 1. The second kappa shape index (κ2) is 8.30. The molecule has 2 rings (SSSR count). The number of rotatable bonds is 8. The van der Waals surface area contributed by atoms with E-state index in [1.807, 2.05) is 14.0 Å². The molecule has 1 aromatic heterocycles. The third-order valence-electron chi connectivity index (χ3n) is 3.89. The Morgan fingerprint density at radius 1 is 1.32 bits per heavy atom. The van der Waals surface area contributed by atoms with Crippen LogP contribution in [0.5, 0.6) is 5.75 Å². The molecule has 3 nitrogen and oxygen atoms in total. The highest BCUT2D eigenvalue weighted by atomic mass is 32.1. The molecule has 1 heterocycles. The monoisotopic (exact) mass is 318 g/mol. The molecule has 2 aromatic rings. The largest absolute Gasteiger partial charge is 0.494 e. The third kappa shape index (κ3) is 4.08. The first-order valence-electron chi connectivity index (χ1n) is 8.05. The van der Waals surface area contributed by atoms with Gasteiger partial charge in [0.15, 0.2) is 0 Å². The van der Waals surface area contributed by atoms with Gasteiger partial charge in [-0.15, -0.1) is 11.3 Å². The molecule has 0 saturated carbocycles. The zero-order chi connectivity index (χ0) is 15.9. The van der Waals surface area contributed by atoms with Crippen molar-refractivity contribution in [3.05, 3.63) is 34.2 Å². The Labute approximate surface area is 137 Å². The zero-order valence-corrected chi connectivity index (χ0v) is 14.8. The van der Waals surface area contributed by atoms with Gasteiger partial charge in [-0.05, 0) is 50.1 Å². The van der Waals surface area contributed by atoms with Crippen LogP contribution in [-0.4, -0.2) is 25.2 Å². The van der Waals surface area contributed by atoms with Gasteiger partial charge in [0.05, 0.1) is 17.3 Å². The normalized spacial score (nSPS) is 12.4. The summed E-state index contributed by atoms with van der Waals surface area (Å²) in [5.74, 6) is 1.50. The van der Waals surface area contributed by atoms with Crippen molar-refractivity contribution in [1.29, 1.82) is 0 Å². The molecule has 0 radical (unpaired) electrons. The number of nitrogens with one attached hydrogen (secondary N) is 1. The summed E-state index contributed by atoms with van der Waals surface area (Å²) >= 11 is 1.74. The molecular formula is C18H26N2OS. The van der Waals surface area contributed by atoms with E-state index >= 15 is 0 Å². The van der Waals surface area contributed by atoms with Crippen LogP contribution in [0.1, 0.15) is 43.7 Å². The van der Waals surface area contributed by atoms with Gasteiger partial charge in [0.1, 0.15) is 5.75 Å². The lowest BCUT2D eigenvalue weighted by atomic mass is 9.95. The second-order valence-corrected chi connectivity index (χ2v) is 6.42. The van der Waals surface area contributed by atoms with E-state index in [0.29, 0.717) is 12.5 Å². The molecule has 1 aromatic carbocycles. The molecule has 0 aliphatic rings. The van der Waals surface area contributed by atoms with Gasteiger partial charge in [-0.2, -0.15) is 0 Å². The van der Waals surface area contributed by atoms with Crippen molar-refractivity contribution in [3.8, 4) is 17.0 Å². The molecule has 0 spiro atoms. The molecule has 0 aliphatic heterocycles. The average molecular weight is 318 g/mol. The van der Waals surface area contributed by atoms with Crippen LogP contribution in [0.25, 0.3) is 11.3 Å². The highest BCUT2D eigenvalue weighted by Crippen LogP contribution is 2.33. The van der Waals surface area contributed by atoms with Crippen LogP contribution in [0.2, 0.25) is 0 Å². The van der Waals surface area contributed by atoms with Crippen LogP contribution >= 0.6 is 11.3 Å². The molecule has 120 valence electrons. The van der Waals surface area contributed by atoms with Gasteiger partial charge in [-0.25, -0.2) is 4.98 Å². The summed E-state index contributed by atoms with van der Waals surface area (Å²) in [7, 11) is 1.97. The fourth-order valence-electron chi connectivity index (χ4n) is 2.39. The van der Waals surface area contributed by atoms with Crippen molar-refractivity contribution < 1.29 is 4.74 Å². The second-order valence-electron chi connectivity index (χ2n) is 5.47. The highest BCUT2D eigenvalue weighted by Gasteiger charge is 2.13. The molecule has 1 atom stereocenters. The molecule has 0 saturated heterocycles. The fourth-order valence-corrected chi connectivity index (χ4v) is 3.20. The van der Waals surface area contributed by atoms with Crippen LogP contribution in [0, 0.1) is 0 Å². The van der Waals surface area contributed by atoms with Crippen molar-refractivity contribution in [2.45, 2.75) is 39.5 Å². The van der Waals surface area contributed by atoms with Crippen LogP contribution in [0.4, 0.5) is 0 Å². The van der Waals surface area contributed by atoms with Gasteiger partial charge in [0.25, 0.3) is 0 Å². The first-order valence-corrected chi connectivity index (χ1v) is 8.93. The summed E-state index contributed by atoms with van der Waals surface area (Å²) in [5, 5.41) is 6.51. The summed E-state index contributed by atoms with van der Waals surface area (Å²) in [6, 6.07) is 6.46. The van der Waals surface area contributed by atoms with E-state index in [4.69, 9.17) is 9.72 Å². The summed E-state index contributed by atoms with van der Waals surface area (Å²) < 4.78 is 5.78. The number of hydrogen-bond donors (Lipinski definition) is 1. The van der Waals surface area contributed by atoms with Crippen LogP contribution < -0.4 is 10.1 Å². The minimum atomic E-state index is 0.490. The molecule has 4 heteroatoms. The van der Waals surface area contributed by atoms with Crippen molar-refractivity contribution in [1.82, 2.24) is 10.3 Å². The van der Waals surface area contributed by atoms with Gasteiger partial charge in [-0.3, -0.25) is 0 Å². The van der Waals surface area contributed by atoms with Gasteiger partial charge in [-0.1, -0.05) is 13.8 Å². The number of aromatic nitrogens is 1. The van der Waals surface area contributed by atoms with Gasteiger partial charge < -0.3 is 10.1 Å². The Kier molecular flexibility index (Phi) is 6.40. The molecule has 0 aliphatic carbocycles. The summed E-state index contributed by atoms with van der Waals surface area (Å²) in [6.07, 6.45) is 2.09. The minimum Gasteiger partial charge on any atom is -0.494 e. The van der Waals surface area contributed by atoms with E-state index in [2.05, 4.69) is 42.7 Å². The standard InChI is InChI=1S/C18H26N2OS/c1-5-13(3)15-11-14(7-8-17(15)21-6-2)16-12-22-18(20-16)9-10-19-4/h7-8,11-13,19H,5-6,9-10H2,1-4H3. The number of thiazole rings is 1. The first-order chi connectivity index (χ1) is 10.7. The van der Waals surface area contributed by atoms with Gasteiger partial charge >= 0.3 is 0 Å². The topological polar surface area (TPSA) is 34.1 Å². The van der Waals surface area contributed by atoms with E-state index in [9.17, 15) is 0 Å². The summed E-state index contributed by atoms with van der Waals surface area (Å²) in [5.41, 5.74) is 3.54. The Morgan fingerprint density at radius 2 is 2.14 bits per heavy atom. The lowest BCUT2D eigenvalue weighted by Crippen LogP contribution is -2.09. The van der Waals surface area contributed by atoms with E-state index in [1.165, 1.54) is 16.1 Å². The van der Waals surface area contributed by atoms with Crippen molar-refractivity contribution in [2.75, 3.05) is 20.2 Å². The quantitative estimate of drug-likeness (QED) is 0.779. The number of benzene rings is 1. The predicted octanol–water partition coefficient (Wildman–Crippen LogP) is 4.48. The van der Waals surface area contributed by atoms with Gasteiger partial charge in [0, 0.05) is 23.9 Å². The molecule has 1 unspecified atom stereocenters. The molecule has 0 bridgehead atoms. The maximum Gasteiger partial charge on any atom is 0.122 e. The Balaban J connectivity index is 2.29. The zero-order valence-electron chi connectivity index (χ0n) is 14.0. The van der Waals surface area contributed by atoms with Crippen LogP contribution in [0.15, 0.2) is 23.6 Å².